The first-order valence-electron chi connectivity index (χ1n) is 5.12. The summed E-state index contributed by atoms with van der Waals surface area (Å²) in [4.78, 5) is 11.6. The van der Waals surface area contributed by atoms with Crippen molar-refractivity contribution in [3.63, 3.8) is 0 Å². The molecule has 1 unspecified atom stereocenters. The molecule has 0 aliphatic heterocycles. The van der Waals surface area contributed by atoms with Crippen molar-refractivity contribution in [2.75, 3.05) is 6.54 Å². The molecule has 0 aromatic carbocycles. The number of nitrogens with one attached hydrogen (secondary N) is 2. The normalized spacial score (nSPS) is 11.3. The summed E-state index contributed by atoms with van der Waals surface area (Å²) < 4.78 is 0. The summed E-state index contributed by atoms with van der Waals surface area (Å²) in [5, 5.41) is 5.72. The smallest absolute Gasteiger partial charge is 0.248 e. The quantitative estimate of drug-likeness (QED) is 0.471. The molecule has 0 aliphatic rings. The van der Waals surface area contributed by atoms with Gasteiger partial charge in [-0.15, -0.1) is 6.58 Å². The van der Waals surface area contributed by atoms with Crippen LogP contribution in [0.3, 0.4) is 0 Å². The van der Waals surface area contributed by atoms with Gasteiger partial charge in [-0.1, -0.05) is 32.6 Å². The van der Waals surface area contributed by atoms with E-state index in [9.17, 15) is 4.79 Å². The highest BCUT2D eigenvalue weighted by atomic mass is 16.1. The van der Waals surface area contributed by atoms with Crippen LogP contribution in [0.15, 0.2) is 37.6 Å². The van der Waals surface area contributed by atoms with E-state index in [1.165, 1.54) is 0 Å². The van der Waals surface area contributed by atoms with Gasteiger partial charge in [0.25, 0.3) is 0 Å². The lowest BCUT2D eigenvalue weighted by molar-refractivity contribution is -0.117. The molecule has 3 heteroatoms. The first kappa shape index (κ1) is 13.5. The van der Waals surface area contributed by atoms with Crippen molar-refractivity contribution in [1.29, 1.82) is 0 Å². The number of rotatable bonds is 8. The topological polar surface area (TPSA) is 41.1 Å². The van der Waals surface area contributed by atoms with Crippen LogP contribution in [-0.4, -0.2) is 18.5 Å². The molecule has 0 fully saturated rings. The summed E-state index contributed by atoms with van der Waals surface area (Å²) in [5.74, 6) is -0.136. The summed E-state index contributed by atoms with van der Waals surface area (Å²) >= 11 is 0. The van der Waals surface area contributed by atoms with Gasteiger partial charge in [0, 0.05) is 12.1 Å². The lowest BCUT2D eigenvalue weighted by Crippen LogP contribution is -2.35. The van der Waals surface area contributed by atoms with Crippen LogP contribution in [0.25, 0.3) is 0 Å². The van der Waals surface area contributed by atoms with Gasteiger partial charge in [-0.25, -0.2) is 0 Å². The highest BCUT2D eigenvalue weighted by molar-refractivity contribution is 5.94. The van der Waals surface area contributed by atoms with Crippen molar-refractivity contribution in [3.05, 3.63) is 37.6 Å². The first-order valence-corrected chi connectivity index (χ1v) is 5.12. The van der Waals surface area contributed by atoms with E-state index in [1.54, 1.807) is 12.3 Å². The molecule has 0 heterocycles. The van der Waals surface area contributed by atoms with Gasteiger partial charge in [0.05, 0.1) is 6.04 Å². The van der Waals surface area contributed by atoms with Crippen LogP contribution in [0.1, 0.15) is 19.8 Å². The largest absolute Gasteiger partial charge is 0.384 e. The molecule has 0 radical (unpaired) electrons. The fourth-order valence-electron chi connectivity index (χ4n) is 1.23. The van der Waals surface area contributed by atoms with Crippen molar-refractivity contribution in [1.82, 2.24) is 10.6 Å². The third-order valence-corrected chi connectivity index (χ3v) is 2.02. The van der Waals surface area contributed by atoms with E-state index in [0.717, 1.165) is 12.8 Å². The van der Waals surface area contributed by atoms with E-state index >= 15 is 0 Å². The molecule has 2 N–H and O–H groups in total. The zero-order valence-electron chi connectivity index (χ0n) is 9.38. The molecule has 0 bridgehead atoms. The lowest BCUT2D eigenvalue weighted by atomic mass is 10.0. The van der Waals surface area contributed by atoms with E-state index in [0.29, 0.717) is 12.1 Å². The predicted molar refractivity (Wildman–Crippen MR) is 64.4 cm³/mol. The highest BCUT2D eigenvalue weighted by Crippen LogP contribution is 2.07. The zero-order chi connectivity index (χ0) is 11.7. The summed E-state index contributed by atoms with van der Waals surface area (Å²) in [6.45, 7) is 13.4. The van der Waals surface area contributed by atoms with Crippen molar-refractivity contribution in [2.24, 2.45) is 0 Å². The molecule has 1 amide bonds. The second kappa shape index (κ2) is 7.85. The van der Waals surface area contributed by atoms with Gasteiger partial charge in [-0.2, -0.15) is 0 Å². The number of hydrogen-bond acceptors (Lipinski definition) is 2. The molecule has 0 saturated heterocycles. The Balaban J connectivity index is 4.27. The minimum Gasteiger partial charge on any atom is -0.384 e. The van der Waals surface area contributed by atoms with Gasteiger partial charge < -0.3 is 10.6 Å². The molecule has 1 atom stereocenters. The Hall–Kier alpha value is -1.51. The Morgan fingerprint density at radius 3 is 2.60 bits per heavy atom. The maximum absolute atomic E-state index is 11.6. The summed E-state index contributed by atoms with van der Waals surface area (Å²) in [7, 11) is 0. The van der Waals surface area contributed by atoms with Gasteiger partial charge in [-0.3, -0.25) is 4.79 Å². The van der Waals surface area contributed by atoms with Crippen LogP contribution in [0, 0.1) is 0 Å². The van der Waals surface area contributed by atoms with Gasteiger partial charge in [0.2, 0.25) is 5.91 Å². The Morgan fingerprint density at radius 2 is 2.13 bits per heavy atom. The summed E-state index contributed by atoms with van der Waals surface area (Å²) in [6.07, 6.45) is 5.08. The third kappa shape index (κ3) is 5.05. The maximum Gasteiger partial charge on any atom is 0.248 e. The predicted octanol–water partition coefficient (Wildman–Crippen LogP) is 1.75. The van der Waals surface area contributed by atoms with Gasteiger partial charge in [0.1, 0.15) is 0 Å². The number of hydrogen-bond donors (Lipinski definition) is 2. The van der Waals surface area contributed by atoms with Crippen LogP contribution < -0.4 is 10.6 Å². The highest BCUT2D eigenvalue weighted by Gasteiger charge is 2.15. The SMILES string of the molecule is C=CCNC(=O)C(=C)C(CCC)NC=C. The van der Waals surface area contributed by atoms with Crippen LogP contribution in [0.2, 0.25) is 0 Å². The van der Waals surface area contributed by atoms with E-state index in [4.69, 9.17) is 0 Å². The fraction of sp³-hybridized carbons (Fsp3) is 0.417. The van der Waals surface area contributed by atoms with Crippen LogP contribution in [-0.2, 0) is 4.79 Å². The van der Waals surface area contributed by atoms with Gasteiger partial charge in [0.15, 0.2) is 0 Å². The maximum atomic E-state index is 11.6. The molecule has 0 aliphatic carbocycles. The zero-order valence-corrected chi connectivity index (χ0v) is 9.38. The Labute approximate surface area is 91.9 Å². The number of amides is 1. The molecule has 0 aromatic heterocycles. The Bertz CT molecular complexity index is 246. The van der Waals surface area contributed by atoms with Crippen molar-refractivity contribution < 1.29 is 4.79 Å². The van der Waals surface area contributed by atoms with Crippen LogP contribution >= 0.6 is 0 Å². The average Bonchev–Trinajstić information content (AvgIpc) is 2.24. The Kier molecular flexibility index (Phi) is 7.06. The van der Waals surface area contributed by atoms with Crippen molar-refractivity contribution >= 4 is 5.91 Å². The fourth-order valence-corrected chi connectivity index (χ4v) is 1.23. The molecule has 3 nitrogen and oxygen atoms in total. The lowest BCUT2D eigenvalue weighted by Gasteiger charge is -2.18. The average molecular weight is 208 g/mol. The number of carbonyl (C=O) groups is 1. The second-order valence-corrected chi connectivity index (χ2v) is 3.24. The minimum absolute atomic E-state index is 0.0303. The molecular formula is C12H20N2O. The monoisotopic (exact) mass is 208 g/mol. The van der Waals surface area contributed by atoms with E-state index in [-0.39, 0.29) is 11.9 Å². The van der Waals surface area contributed by atoms with Gasteiger partial charge >= 0.3 is 0 Å². The second-order valence-electron chi connectivity index (χ2n) is 3.24. The molecule has 84 valence electrons. The van der Waals surface area contributed by atoms with E-state index in [1.807, 2.05) is 0 Å². The standard InChI is InChI=1S/C12H20N2O/c1-5-8-11(13-7-3)10(4)12(15)14-9-6-2/h6-7,11,13H,2-5,8-9H2,1H3,(H,14,15). The molecule has 0 rings (SSSR count). The third-order valence-electron chi connectivity index (χ3n) is 2.02. The van der Waals surface area contributed by atoms with E-state index < -0.39 is 0 Å². The summed E-state index contributed by atoms with van der Waals surface area (Å²) in [6, 6.07) is -0.0303. The minimum atomic E-state index is -0.136. The van der Waals surface area contributed by atoms with Crippen LogP contribution in [0.5, 0.6) is 0 Å². The first-order chi connectivity index (χ1) is 7.17. The Morgan fingerprint density at radius 1 is 1.47 bits per heavy atom. The van der Waals surface area contributed by atoms with Crippen molar-refractivity contribution in [3.8, 4) is 0 Å². The molecular weight excluding hydrogens is 188 g/mol. The molecule has 0 spiro atoms. The van der Waals surface area contributed by atoms with E-state index in [2.05, 4.69) is 37.3 Å². The van der Waals surface area contributed by atoms with Crippen LogP contribution in [0.4, 0.5) is 0 Å². The molecule has 0 saturated carbocycles. The molecule has 15 heavy (non-hydrogen) atoms. The number of carbonyl (C=O) groups excluding carboxylic acids is 1. The summed E-state index contributed by atoms with van der Waals surface area (Å²) in [5.41, 5.74) is 0.540. The molecule has 0 aromatic rings. The van der Waals surface area contributed by atoms with Crippen molar-refractivity contribution in [2.45, 2.75) is 25.8 Å². The van der Waals surface area contributed by atoms with Gasteiger partial charge in [-0.05, 0) is 12.6 Å².